The summed E-state index contributed by atoms with van der Waals surface area (Å²) >= 11 is 5.98. The van der Waals surface area contributed by atoms with E-state index in [1.807, 2.05) is 38.2 Å². The molecule has 0 aliphatic carbocycles. The zero-order chi connectivity index (χ0) is 12.1. The molecule has 0 aliphatic heterocycles. The first-order valence-corrected chi connectivity index (χ1v) is 5.48. The van der Waals surface area contributed by atoms with Crippen LogP contribution in [0.3, 0.4) is 0 Å². The van der Waals surface area contributed by atoms with Crippen LogP contribution < -0.4 is 4.90 Å². The molecule has 0 spiro atoms. The smallest absolute Gasteiger partial charge is 0.103 e. The van der Waals surface area contributed by atoms with Gasteiger partial charge in [0.1, 0.15) is 6.07 Å². The summed E-state index contributed by atoms with van der Waals surface area (Å²) in [5.74, 6) is 0. The monoisotopic (exact) mass is 237 g/mol. The fourth-order valence-corrected chi connectivity index (χ4v) is 1.62. The van der Waals surface area contributed by atoms with Crippen molar-refractivity contribution < 1.29 is 0 Å². The summed E-state index contributed by atoms with van der Waals surface area (Å²) in [4.78, 5) is 4.15. The molecule has 3 nitrogen and oxygen atoms in total. The van der Waals surface area contributed by atoms with Gasteiger partial charge in [0.25, 0.3) is 0 Å². The minimum absolute atomic E-state index is 0.511. The van der Waals surface area contributed by atoms with Crippen molar-refractivity contribution in [1.29, 1.82) is 5.26 Å². The van der Waals surface area contributed by atoms with Crippen LogP contribution in [-0.2, 0) is 0 Å². The van der Waals surface area contributed by atoms with E-state index in [2.05, 4.69) is 11.0 Å². The normalized spacial score (nSPS) is 10.2. The third-order valence-electron chi connectivity index (χ3n) is 2.40. The maximum Gasteiger partial charge on any atom is 0.103 e. The number of halogens is 1. The molecule has 0 atom stereocenters. The topological polar surface area (TPSA) is 30.3 Å². The first-order chi connectivity index (χ1) is 7.56. The largest absolute Gasteiger partial charge is 0.372 e. The molecule has 1 aromatic carbocycles. The maximum absolute atomic E-state index is 9.05. The summed E-state index contributed by atoms with van der Waals surface area (Å²) in [7, 11) is 6.02. The third kappa shape index (κ3) is 3.13. The first-order valence-electron chi connectivity index (χ1n) is 5.10. The van der Waals surface area contributed by atoms with Gasteiger partial charge in [0, 0.05) is 20.1 Å². The molecule has 0 N–H and O–H groups in total. The lowest BCUT2D eigenvalue weighted by molar-refractivity contribution is 0.416. The molecule has 0 unspecified atom stereocenters. The van der Waals surface area contributed by atoms with Gasteiger partial charge >= 0.3 is 0 Å². The zero-order valence-corrected chi connectivity index (χ0v) is 10.6. The van der Waals surface area contributed by atoms with Crippen molar-refractivity contribution in [2.75, 3.05) is 39.1 Å². The molecule has 0 amide bonds. The number of anilines is 1. The van der Waals surface area contributed by atoms with Crippen molar-refractivity contribution in [1.82, 2.24) is 4.90 Å². The highest BCUT2D eigenvalue weighted by Gasteiger charge is 2.10. The molecule has 0 radical (unpaired) electrons. The van der Waals surface area contributed by atoms with Gasteiger partial charge in [0.05, 0.1) is 16.3 Å². The molecule has 0 heterocycles. The van der Waals surface area contributed by atoms with E-state index in [9.17, 15) is 0 Å². The van der Waals surface area contributed by atoms with E-state index in [1.54, 1.807) is 6.07 Å². The van der Waals surface area contributed by atoms with E-state index in [1.165, 1.54) is 0 Å². The Hall–Kier alpha value is -1.24. The Bertz CT molecular complexity index is 396. The van der Waals surface area contributed by atoms with Gasteiger partial charge in [-0.1, -0.05) is 17.7 Å². The fourth-order valence-electron chi connectivity index (χ4n) is 1.41. The average molecular weight is 238 g/mol. The molecule has 0 bridgehead atoms. The summed E-state index contributed by atoms with van der Waals surface area (Å²) in [6, 6.07) is 7.67. The highest BCUT2D eigenvalue weighted by atomic mass is 35.5. The van der Waals surface area contributed by atoms with Crippen LogP contribution in [0.5, 0.6) is 0 Å². The van der Waals surface area contributed by atoms with Gasteiger partial charge < -0.3 is 9.80 Å². The molecule has 0 saturated carbocycles. The van der Waals surface area contributed by atoms with Crippen molar-refractivity contribution in [2.45, 2.75) is 0 Å². The molecule has 4 heteroatoms. The van der Waals surface area contributed by atoms with Crippen molar-refractivity contribution in [3.63, 3.8) is 0 Å². The standard InChI is InChI=1S/C12H16ClN3/c1-15(2)7-8-16(3)12-6-4-5-11(13)10(12)9-14/h4-6H,7-8H2,1-3H3. The van der Waals surface area contributed by atoms with Crippen molar-refractivity contribution in [2.24, 2.45) is 0 Å². The molecule has 0 fully saturated rings. The second kappa shape index (κ2) is 5.74. The highest BCUT2D eigenvalue weighted by Crippen LogP contribution is 2.25. The van der Waals surface area contributed by atoms with Crippen LogP contribution in [0.4, 0.5) is 5.69 Å². The Morgan fingerprint density at radius 3 is 2.50 bits per heavy atom. The summed E-state index contributed by atoms with van der Waals surface area (Å²) in [5.41, 5.74) is 1.43. The number of likely N-dealkylation sites (N-methyl/N-ethyl adjacent to an activating group) is 2. The number of nitrogens with zero attached hydrogens (tertiary/aromatic N) is 3. The van der Waals surface area contributed by atoms with Crippen molar-refractivity contribution in [3.8, 4) is 6.07 Å². The maximum atomic E-state index is 9.05. The number of benzene rings is 1. The number of nitriles is 1. The Balaban J connectivity index is 2.87. The van der Waals surface area contributed by atoms with E-state index in [-0.39, 0.29) is 0 Å². The number of rotatable bonds is 4. The minimum atomic E-state index is 0.511. The van der Waals surface area contributed by atoms with Crippen LogP contribution in [0.1, 0.15) is 5.56 Å². The van der Waals surface area contributed by atoms with Crippen LogP contribution in [0.15, 0.2) is 18.2 Å². The van der Waals surface area contributed by atoms with Crippen LogP contribution >= 0.6 is 11.6 Å². The van der Waals surface area contributed by atoms with E-state index < -0.39 is 0 Å². The van der Waals surface area contributed by atoms with Gasteiger partial charge in [-0.05, 0) is 26.2 Å². The Morgan fingerprint density at radius 2 is 1.94 bits per heavy atom. The average Bonchev–Trinajstić information content (AvgIpc) is 2.25. The van der Waals surface area contributed by atoms with Gasteiger partial charge in [0.15, 0.2) is 0 Å². The number of hydrogen-bond donors (Lipinski definition) is 0. The summed E-state index contributed by atoms with van der Waals surface area (Å²) in [5, 5.41) is 9.56. The molecule has 16 heavy (non-hydrogen) atoms. The fraction of sp³-hybridized carbons (Fsp3) is 0.417. The molecule has 1 rings (SSSR count). The van der Waals surface area contributed by atoms with Crippen LogP contribution in [0, 0.1) is 11.3 Å². The lowest BCUT2D eigenvalue weighted by atomic mass is 10.2. The van der Waals surface area contributed by atoms with Crippen molar-refractivity contribution in [3.05, 3.63) is 28.8 Å². The second-order valence-corrected chi connectivity index (χ2v) is 4.38. The lowest BCUT2D eigenvalue weighted by Gasteiger charge is -2.22. The Labute approximate surface area is 102 Å². The van der Waals surface area contributed by atoms with E-state index in [0.29, 0.717) is 10.6 Å². The predicted octanol–water partition coefficient (Wildman–Crippen LogP) is 2.21. The van der Waals surface area contributed by atoms with Gasteiger partial charge in [-0.25, -0.2) is 0 Å². The predicted molar refractivity (Wildman–Crippen MR) is 68.0 cm³/mol. The van der Waals surface area contributed by atoms with Crippen molar-refractivity contribution >= 4 is 17.3 Å². The lowest BCUT2D eigenvalue weighted by Crippen LogP contribution is -2.28. The minimum Gasteiger partial charge on any atom is -0.372 e. The van der Waals surface area contributed by atoms with Crippen LogP contribution in [-0.4, -0.2) is 39.1 Å². The van der Waals surface area contributed by atoms with Crippen LogP contribution in [0.2, 0.25) is 5.02 Å². The zero-order valence-electron chi connectivity index (χ0n) is 9.87. The second-order valence-electron chi connectivity index (χ2n) is 3.97. The molecule has 0 aromatic heterocycles. The number of hydrogen-bond acceptors (Lipinski definition) is 3. The van der Waals surface area contributed by atoms with E-state index >= 15 is 0 Å². The Kier molecular flexibility index (Phi) is 4.60. The molecule has 0 saturated heterocycles. The SMILES string of the molecule is CN(C)CCN(C)c1cccc(Cl)c1C#N. The summed E-state index contributed by atoms with van der Waals surface area (Å²) < 4.78 is 0. The molecular weight excluding hydrogens is 222 g/mol. The highest BCUT2D eigenvalue weighted by molar-refractivity contribution is 6.32. The van der Waals surface area contributed by atoms with E-state index in [0.717, 1.165) is 18.8 Å². The third-order valence-corrected chi connectivity index (χ3v) is 2.71. The van der Waals surface area contributed by atoms with Gasteiger partial charge in [0.2, 0.25) is 0 Å². The van der Waals surface area contributed by atoms with Gasteiger partial charge in [-0.2, -0.15) is 5.26 Å². The molecule has 86 valence electrons. The summed E-state index contributed by atoms with van der Waals surface area (Å²) in [6.07, 6.45) is 0. The van der Waals surface area contributed by atoms with Crippen LogP contribution in [0.25, 0.3) is 0 Å². The molecule has 0 aliphatic rings. The summed E-state index contributed by atoms with van der Waals surface area (Å²) in [6.45, 7) is 1.80. The molecule has 1 aromatic rings. The van der Waals surface area contributed by atoms with Gasteiger partial charge in [-0.15, -0.1) is 0 Å². The first kappa shape index (κ1) is 12.8. The molecular formula is C12H16ClN3. The quantitative estimate of drug-likeness (QED) is 0.805. The van der Waals surface area contributed by atoms with Gasteiger partial charge in [-0.3, -0.25) is 0 Å². The van der Waals surface area contributed by atoms with E-state index in [4.69, 9.17) is 16.9 Å². The Morgan fingerprint density at radius 1 is 1.25 bits per heavy atom.